The Morgan fingerprint density at radius 1 is 0.258 bits per heavy atom. The molecule has 2 nitrogen and oxygen atoms in total. The van der Waals surface area contributed by atoms with E-state index in [2.05, 4.69) is 241 Å². The summed E-state index contributed by atoms with van der Waals surface area (Å²) in [6, 6.07) is 86.3. The SMILES string of the molecule is c1ccc(-c2ccc3c(c2)c2ccccc2n3-c2c3ccccc3c(-c3ccc4oc5c(-c6c7ccccc7c(-c7ccccc7)c7ccccc67)cccc5c4c3)c3ccccc23)cc1. The molecule has 0 aliphatic heterocycles. The van der Waals surface area contributed by atoms with Gasteiger partial charge in [0.1, 0.15) is 11.2 Å². The highest BCUT2D eigenvalue weighted by atomic mass is 16.3. The summed E-state index contributed by atoms with van der Waals surface area (Å²) < 4.78 is 9.50. The lowest BCUT2D eigenvalue weighted by atomic mass is 9.85. The number of rotatable bonds is 5. The van der Waals surface area contributed by atoms with Gasteiger partial charge in [-0.05, 0) is 96.0 Å². The molecule has 0 aliphatic carbocycles. The van der Waals surface area contributed by atoms with Crippen LogP contribution in [0.3, 0.4) is 0 Å². The lowest BCUT2D eigenvalue weighted by Crippen LogP contribution is -1.99. The highest BCUT2D eigenvalue weighted by molar-refractivity contribution is 6.25. The third-order valence-corrected chi connectivity index (χ3v) is 14.0. The number of hydrogen-bond acceptors (Lipinski definition) is 1. The van der Waals surface area contributed by atoms with Crippen LogP contribution >= 0.6 is 0 Å². The first-order chi connectivity index (χ1) is 32.8. The maximum Gasteiger partial charge on any atom is 0.143 e. The number of fused-ring (bicyclic) bond motifs is 10. The molecule has 0 N–H and O–H groups in total. The van der Waals surface area contributed by atoms with E-state index in [0.717, 1.165) is 33.1 Å². The maximum absolute atomic E-state index is 7.00. The number of para-hydroxylation sites is 2. The highest BCUT2D eigenvalue weighted by Gasteiger charge is 2.23. The maximum atomic E-state index is 7.00. The van der Waals surface area contributed by atoms with Crippen LogP contribution in [0.5, 0.6) is 0 Å². The van der Waals surface area contributed by atoms with Gasteiger partial charge in [0.05, 0.1) is 16.7 Å². The van der Waals surface area contributed by atoms with Crippen molar-refractivity contribution in [1.29, 1.82) is 0 Å². The fourth-order valence-electron chi connectivity index (χ4n) is 11.2. The average molecular weight is 838 g/mol. The van der Waals surface area contributed by atoms with Crippen molar-refractivity contribution in [2.45, 2.75) is 0 Å². The molecule has 0 radical (unpaired) electrons. The molecule has 2 heteroatoms. The van der Waals surface area contributed by atoms with Gasteiger partial charge in [-0.25, -0.2) is 0 Å². The molecule has 0 bridgehead atoms. The number of furan rings is 1. The van der Waals surface area contributed by atoms with Gasteiger partial charge >= 0.3 is 0 Å². The van der Waals surface area contributed by atoms with E-state index in [1.807, 2.05) is 0 Å². The minimum atomic E-state index is 0.876. The topological polar surface area (TPSA) is 18.1 Å². The third kappa shape index (κ3) is 5.36. The zero-order chi connectivity index (χ0) is 43.3. The monoisotopic (exact) mass is 837 g/mol. The van der Waals surface area contributed by atoms with Gasteiger partial charge in [0.25, 0.3) is 0 Å². The van der Waals surface area contributed by atoms with Gasteiger partial charge in [-0.1, -0.05) is 206 Å². The molecule has 0 aliphatic rings. The van der Waals surface area contributed by atoms with Crippen molar-refractivity contribution < 1.29 is 4.42 Å². The fraction of sp³-hybridized carbons (Fsp3) is 0. The molecule has 0 spiro atoms. The number of aromatic nitrogens is 1. The summed E-state index contributed by atoms with van der Waals surface area (Å²) in [6.07, 6.45) is 0. The van der Waals surface area contributed by atoms with E-state index in [-0.39, 0.29) is 0 Å². The predicted molar refractivity (Wildman–Crippen MR) is 280 cm³/mol. The Morgan fingerprint density at radius 2 is 0.712 bits per heavy atom. The first-order valence-corrected chi connectivity index (χ1v) is 22.8. The van der Waals surface area contributed by atoms with Crippen LogP contribution in [0.25, 0.3) is 137 Å². The Kier molecular flexibility index (Phi) is 8.02. The summed E-state index contributed by atoms with van der Waals surface area (Å²) in [4.78, 5) is 0. The highest BCUT2D eigenvalue weighted by Crippen LogP contribution is 2.49. The van der Waals surface area contributed by atoms with Crippen LogP contribution in [0, 0.1) is 0 Å². The van der Waals surface area contributed by atoms with E-state index in [4.69, 9.17) is 4.42 Å². The molecular weight excluding hydrogens is 799 g/mol. The number of benzene rings is 12. The fourth-order valence-corrected chi connectivity index (χ4v) is 11.2. The van der Waals surface area contributed by atoms with Crippen molar-refractivity contribution in [3.63, 3.8) is 0 Å². The average Bonchev–Trinajstić information content (AvgIpc) is 3.93. The molecule has 0 saturated carbocycles. The third-order valence-electron chi connectivity index (χ3n) is 14.0. The normalized spacial score (nSPS) is 11.9. The summed E-state index contributed by atoms with van der Waals surface area (Å²) in [6.45, 7) is 0. The van der Waals surface area contributed by atoms with E-state index >= 15 is 0 Å². The lowest BCUT2D eigenvalue weighted by Gasteiger charge is -2.19. The van der Waals surface area contributed by atoms with E-state index in [9.17, 15) is 0 Å². The van der Waals surface area contributed by atoms with Gasteiger partial charge in [0.2, 0.25) is 0 Å². The van der Waals surface area contributed by atoms with Crippen LogP contribution in [-0.4, -0.2) is 4.57 Å². The van der Waals surface area contributed by atoms with Crippen LogP contribution in [0.15, 0.2) is 241 Å². The number of nitrogens with zero attached hydrogens (tertiary/aromatic N) is 1. The molecule has 0 atom stereocenters. The Hall–Kier alpha value is -8.72. The van der Waals surface area contributed by atoms with Crippen molar-refractivity contribution in [2.75, 3.05) is 0 Å². The van der Waals surface area contributed by atoms with E-state index in [1.165, 1.54) is 104 Å². The molecule has 66 heavy (non-hydrogen) atoms. The lowest BCUT2D eigenvalue weighted by molar-refractivity contribution is 0.670. The van der Waals surface area contributed by atoms with Crippen LogP contribution < -0.4 is 0 Å². The molecule has 2 heterocycles. The largest absolute Gasteiger partial charge is 0.455 e. The molecule has 0 saturated heterocycles. The van der Waals surface area contributed by atoms with Gasteiger partial charge in [0, 0.05) is 43.4 Å². The summed E-state index contributed by atoms with van der Waals surface area (Å²) in [7, 11) is 0. The second-order valence-electron chi connectivity index (χ2n) is 17.5. The van der Waals surface area contributed by atoms with Crippen molar-refractivity contribution >= 4 is 86.8 Å². The second kappa shape index (κ2) is 14.4. The Bertz CT molecular complexity index is 4160. The minimum Gasteiger partial charge on any atom is -0.455 e. The van der Waals surface area contributed by atoms with Gasteiger partial charge < -0.3 is 8.98 Å². The van der Waals surface area contributed by atoms with Gasteiger partial charge in [0.15, 0.2) is 0 Å². The van der Waals surface area contributed by atoms with Crippen molar-refractivity contribution in [2.24, 2.45) is 0 Å². The van der Waals surface area contributed by atoms with Crippen LogP contribution in [-0.2, 0) is 0 Å². The second-order valence-corrected chi connectivity index (χ2v) is 17.5. The molecule has 14 rings (SSSR count). The Labute approximate surface area is 380 Å². The quantitative estimate of drug-likeness (QED) is 0.158. The number of hydrogen-bond donors (Lipinski definition) is 0. The van der Waals surface area contributed by atoms with Gasteiger partial charge in [-0.15, -0.1) is 0 Å². The van der Waals surface area contributed by atoms with Crippen molar-refractivity contribution in [3.8, 4) is 50.2 Å². The molecule has 2 aromatic heterocycles. The summed E-state index contributed by atoms with van der Waals surface area (Å²) >= 11 is 0. The Balaban J connectivity index is 0.999. The van der Waals surface area contributed by atoms with E-state index in [0.29, 0.717) is 0 Å². The van der Waals surface area contributed by atoms with Gasteiger partial charge in [-0.3, -0.25) is 0 Å². The molecule has 14 aromatic rings. The van der Waals surface area contributed by atoms with Crippen LogP contribution in [0.2, 0.25) is 0 Å². The zero-order valence-electron chi connectivity index (χ0n) is 35.9. The van der Waals surface area contributed by atoms with Crippen molar-refractivity contribution in [3.05, 3.63) is 237 Å². The van der Waals surface area contributed by atoms with Crippen LogP contribution in [0.4, 0.5) is 0 Å². The molecule has 0 unspecified atom stereocenters. The smallest absolute Gasteiger partial charge is 0.143 e. The summed E-state index contributed by atoms with van der Waals surface area (Å²) in [5, 5.41) is 14.4. The molecule has 0 amide bonds. The molecule has 306 valence electrons. The van der Waals surface area contributed by atoms with Gasteiger partial charge in [-0.2, -0.15) is 0 Å². The molecule has 12 aromatic carbocycles. The minimum absolute atomic E-state index is 0.876. The standard InChI is InChI=1S/C64H39NO/c1-3-18-40(19-4-1)42-34-36-58-55(38-42)44-22-15-16-33-57(44)65(58)63-51-29-13-11-27-49(51)61(50-28-12-14-30-52(50)63)43-35-37-59-56(39-43)53-31-17-32-54(64(53)66-59)62-47-25-9-7-23-45(47)60(41-20-5-2-6-21-41)46-24-8-10-26-48(46)62/h1-39H. The Morgan fingerprint density at radius 3 is 1.35 bits per heavy atom. The molecular formula is C64H39NO. The zero-order valence-corrected chi connectivity index (χ0v) is 35.9. The predicted octanol–water partition coefficient (Wildman–Crippen LogP) is 18.0. The summed E-state index contributed by atoms with van der Waals surface area (Å²) in [5.41, 5.74) is 14.9. The van der Waals surface area contributed by atoms with E-state index < -0.39 is 0 Å². The van der Waals surface area contributed by atoms with Crippen molar-refractivity contribution in [1.82, 2.24) is 4.57 Å². The summed E-state index contributed by atoms with van der Waals surface area (Å²) in [5.74, 6) is 0. The first-order valence-electron chi connectivity index (χ1n) is 22.8. The first kappa shape index (κ1) is 36.7. The van der Waals surface area contributed by atoms with Crippen LogP contribution in [0.1, 0.15) is 0 Å². The molecule has 0 fully saturated rings. The van der Waals surface area contributed by atoms with E-state index in [1.54, 1.807) is 0 Å².